The van der Waals surface area contributed by atoms with Gasteiger partial charge in [0.1, 0.15) is 30.6 Å². The van der Waals surface area contributed by atoms with Crippen LogP contribution in [0.2, 0.25) is 20.1 Å². The largest absolute Gasteiger partial charge is 0.354 e. The first-order valence-electron chi connectivity index (χ1n) is 35.6. The molecule has 0 aliphatic carbocycles. The van der Waals surface area contributed by atoms with Crippen LogP contribution < -0.4 is 31.5 Å². The number of amides is 4. The van der Waals surface area contributed by atoms with Crippen molar-refractivity contribution in [2.24, 2.45) is 0 Å². The third kappa shape index (κ3) is 19.7. The fraction of sp³-hybridized carbons (Fsp3) is 0.107. The van der Waals surface area contributed by atoms with Crippen LogP contribution in [0.25, 0.3) is 62.5 Å². The van der Waals surface area contributed by atoms with E-state index in [0.29, 0.717) is 111 Å². The number of nitrogens with zero attached hydrogens (tertiary/aromatic N) is 17. The molecule has 0 radical (unpaired) electrons. The van der Waals surface area contributed by atoms with Crippen LogP contribution in [-0.4, -0.2) is 129 Å². The molecule has 568 valence electrons. The van der Waals surface area contributed by atoms with Crippen LogP contribution in [0.1, 0.15) is 70.0 Å². The van der Waals surface area contributed by atoms with E-state index in [1.54, 1.807) is 184 Å². The van der Waals surface area contributed by atoms with Crippen LogP contribution in [0, 0.1) is 34.6 Å². The van der Waals surface area contributed by atoms with Gasteiger partial charge in [0, 0.05) is 108 Å². The number of nitrogens with one attached hydrogen (secondary N) is 5. The smallest absolute Gasteiger partial charge is 0.257 e. The fourth-order valence-electron chi connectivity index (χ4n) is 11.9. The molecule has 15 aromatic rings. The van der Waals surface area contributed by atoms with Gasteiger partial charge in [0.2, 0.25) is 0 Å². The number of anilines is 5. The minimum Gasteiger partial charge on any atom is -0.354 e. The van der Waals surface area contributed by atoms with Crippen molar-refractivity contribution in [2.45, 2.75) is 34.6 Å². The van der Waals surface area contributed by atoms with E-state index in [2.05, 4.69) is 96.6 Å². The Morgan fingerprint density at radius 1 is 0.360 bits per heavy atom. The highest BCUT2D eigenvalue weighted by Crippen LogP contribution is 2.34. The van der Waals surface area contributed by atoms with Gasteiger partial charge < -0.3 is 31.5 Å². The van der Waals surface area contributed by atoms with Crippen LogP contribution >= 0.6 is 46.4 Å². The summed E-state index contributed by atoms with van der Waals surface area (Å²) in [5.74, 6) is 2.45. The van der Waals surface area contributed by atoms with Crippen molar-refractivity contribution in [2.75, 3.05) is 52.3 Å². The van der Waals surface area contributed by atoms with Crippen LogP contribution in [-0.2, 0) is 0 Å². The zero-order chi connectivity index (χ0) is 79.6. The van der Waals surface area contributed by atoms with Crippen molar-refractivity contribution in [1.82, 2.24) is 84.5 Å². The lowest BCUT2D eigenvalue weighted by Crippen LogP contribution is -2.44. The zero-order valence-corrected chi connectivity index (χ0v) is 64.8. The normalized spacial score (nSPS) is 11.5. The number of aryl methyl sites for hydroxylation is 5. The second kappa shape index (κ2) is 36.9. The number of piperazine rings is 1. The van der Waals surface area contributed by atoms with Gasteiger partial charge in [-0.15, -0.1) is 0 Å². The summed E-state index contributed by atoms with van der Waals surface area (Å²) in [6, 6.07) is 59.6. The molecule has 0 unspecified atom stereocenters. The Morgan fingerprint density at radius 2 is 0.711 bits per heavy atom. The summed E-state index contributed by atoms with van der Waals surface area (Å²) >= 11 is 25.2. The summed E-state index contributed by atoms with van der Waals surface area (Å²) in [6.45, 7) is 12.7. The quantitative estimate of drug-likeness (QED) is 0.0600. The van der Waals surface area contributed by atoms with Gasteiger partial charge in [0.15, 0.2) is 17.5 Å². The Morgan fingerprint density at radius 3 is 1.02 bits per heavy atom. The first-order chi connectivity index (χ1) is 55.4. The highest BCUT2D eigenvalue weighted by atomic mass is 35.5. The molecule has 5 N–H and O–H groups in total. The number of hydrogen-bond acceptors (Lipinski definition) is 19. The van der Waals surface area contributed by atoms with Gasteiger partial charge in [-0.05, 0) is 211 Å². The molecule has 1 aliphatic rings. The standard InChI is InChI=1S/C22H22ClN5O.C21H17ClN6O.C21H16ClN5O.C20H15ClN6O/c1-15-17(6-8-21(26-15)28-12-10-24-11-13-28)22(29)27-16-5-7-19(23)18(14-16)20-4-2-3-9-25-20;1-13-16(7-9-20(25-13)28-12-24-14(2)27-28)21(29)26-15-6-8-18(22)17(11-15)19-5-3-4-10-23-19;1-14-16(7-9-20(25-14)27-12-4-11-24-27)21(28)26-15-6-8-18(22)17(13-15)19-5-2-3-10-23-19;1-13-15(6-8-19(25-13)27-12-22-11-24-27)20(28)26-14-5-7-17(21)16(10-14)18-4-2-3-9-23-18/h2-9,14,24H,10-13H2,1H3,(H,27,29);3-12H,1-2H3,(H,26,29);2-13H,1H3,(H,26,28);2-12H,1H3,(H,26,28). The lowest BCUT2D eigenvalue weighted by atomic mass is 10.1. The lowest BCUT2D eigenvalue weighted by Gasteiger charge is -2.28. The topological polar surface area (TPSA) is 314 Å². The zero-order valence-electron chi connectivity index (χ0n) is 61.8. The predicted molar refractivity (Wildman–Crippen MR) is 443 cm³/mol. The summed E-state index contributed by atoms with van der Waals surface area (Å²) < 4.78 is 4.75. The van der Waals surface area contributed by atoms with Crippen molar-refractivity contribution < 1.29 is 19.2 Å². The van der Waals surface area contributed by atoms with Gasteiger partial charge in [-0.25, -0.2) is 43.9 Å². The molecule has 1 saturated heterocycles. The number of aromatic nitrogens is 16. The summed E-state index contributed by atoms with van der Waals surface area (Å²) in [5.41, 5.74) is 13.0. The Balaban J connectivity index is 0.000000133. The number of pyridine rings is 8. The summed E-state index contributed by atoms with van der Waals surface area (Å²) in [4.78, 5) is 96.6. The molecule has 26 nitrogen and oxygen atoms in total. The number of carbonyl (C=O) groups excluding carboxylic acids is 4. The average Bonchev–Trinajstić information content (AvgIpc) is 0.984. The Hall–Kier alpha value is -13.6. The highest BCUT2D eigenvalue weighted by molar-refractivity contribution is 6.35. The molecular weight excluding hydrogens is 1520 g/mol. The van der Waals surface area contributed by atoms with Gasteiger partial charge in [0.05, 0.1) is 87.9 Å². The van der Waals surface area contributed by atoms with Gasteiger partial charge >= 0.3 is 0 Å². The Labute approximate surface area is 674 Å². The number of halogens is 4. The molecule has 0 saturated carbocycles. The maximum atomic E-state index is 12.8. The minimum absolute atomic E-state index is 0.198. The van der Waals surface area contributed by atoms with Crippen molar-refractivity contribution in [3.05, 3.63) is 327 Å². The van der Waals surface area contributed by atoms with Gasteiger partial charge in [-0.3, -0.25) is 39.1 Å². The molecule has 4 aromatic carbocycles. The number of rotatable bonds is 16. The molecule has 30 heteroatoms. The molecule has 12 heterocycles. The number of carbonyl (C=O) groups is 4. The van der Waals surface area contributed by atoms with Crippen LogP contribution in [0.3, 0.4) is 0 Å². The number of benzene rings is 4. The summed E-state index contributed by atoms with van der Waals surface area (Å²) in [6.07, 6.45) is 14.9. The summed E-state index contributed by atoms with van der Waals surface area (Å²) in [5, 5.41) is 29.7. The average molecular weight is 1590 g/mol. The molecule has 0 bridgehead atoms. The molecule has 11 aromatic heterocycles. The van der Waals surface area contributed by atoms with Crippen molar-refractivity contribution in [1.29, 1.82) is 0 Å². The molecule has 114 heavy (non-hydrogen) atoms. The van der Waals surface area contributed by atoms with E-state index < -0.39 is 0 Å². The molecule has 0 atom stereocenters. The van der Waals surface area contributed by atoms with Crippen molar-refractivity contribution in [3.8, 4) is 62.5 Å². The third-order valence-electron chi connectivity index (χ3n) is 17.6. The maximum absolute atomic E-state index is 12.8. The first kappa shape index (κ1) is 78.5. The Kier molecular flexibility index (Phi) is 25.4. The predicted octanol–water partition coefficient (Wildman–Crippen LogP) is 16.5. The Bertz CT molecular complexity index is 5720. The molecule has 16 rings (SSSR count). The molecule has 1 fully saturated rings. The van der Waals surface area contributed by atoms with Crippen molar-refractivity contribution in [3.63, 3.8) is 0 Å². The van der Waals surface area contributed by atoms with E-state index in [-0.39, 0.29) is 23.6 Å². The van der Waals surface area contributed by atoms with Crippen molar-refractivity contribution >= 4 is 98.6 Å². The van der Waals surface area contributed by atoms with E-state index in [1.807, 2.05) is 110 Å². The first-order valence-corrected chi connectivity index (χ1v) is 37.1. The van der Waals surface area contributed by atoms with E-state index in [1.165, 1.54) is 11.0 Å². The third-order valence-corrected chi connectivity index (χ3v) is 18.9. The van der Waals surface area contributed by atoms with Crippen LogP contribution in [0.5, 0.6) is 0 Å². The number of hydrogen-bond donors (Lipinski definition) is 5. The monoisotopic (exact) mass is 1590 g/mol. The molecule has 0 spiro atoms. The van der Waals surface area contributed by atoms with E-state index in [0.717, 1.165) is 77.0 Å². The molecular formula is C84H70Cl4N22O4. The molecule has 1 aliphatic heterocycles. The summed E-state index contributed by atoms with van der Waals surface area (Å²) in [7, 11) is 0. The second-order valence-corrected chi connectivity index (χ2v) is 27.1. The fourth-order valence-corrected chi connectivity index (χ4v) is 12.7. The van der Waals surface area contributed by atoms with E-state index in [9.17, 15) is 19.2 Å². The lowest BCUT2D eigenvalue weighted by molar-refractivity contribution is 0.101. The molecule has 4 amide bonds. The van der Waals surface area contributed by atoms with E-state index in [4.69, 9.17) is 46.4 Å². The SMILES string of the molecule is Cc1nc(-n2cccn2)ccc1C(=O)Nc1ccc(Cl)c(-c2ccccn2)c1.Cc1nc(-n2cncn2)ccc1C(=O)Nc1ccc(Cl)c(-c2ccccn2)c1.Cc1nc(N2CCNCC2)ccc1C(=O)Nc1ccc(Cl)c(-c2ccccn2)c1.Cc1ncn(-c2ccc(C(=O)Nc3ccc(Cl)c(-c4ccccn4)c3)c(C)n2)n1. The minimum atomic E-state index is -0.260. The second-order valence-electron chi connectivity index (χ2n) is 25.4. The maximum Gasteiger partial charge on any atom is 0.257 e. The van der Waals surface area contributed by atoms with Crippen LogP contribution in [0.15, 0.2) is 256 Å². The van der Waals surface area contributed by atoms with Gasteiger partial charge in [-0.1, -0.05) is 70.7 Å². The van der Waals surface area contributed by atoms with Gasteiger partial charge in [-0.2, -0.15) is 15.3 Å². The highest BCUT2D eigenvalue weighted by Gasteiger charge is 2.21. The van der Waals surface area contributed by atoms with Gasteiger partial charge in [0.25, 0.3) is 23.6 Å². The van der Waals surface area contributed by atoms with E-state index >= 15 is 0 Å². The van der Waals surface area contributed by atoms with Crippen LogP contribution in [0.4, 0.5) is 28.6 Å².